The van der Waals surface area contributed by atoms with Crippen LogP contribution in [0.15, 0.2) is 11.4 Å². The fourth-order valence-corrected chi connectivity index (χ4v) is 2.99. The number of aryl methyl sites for hydroxylation is 1. The first-order valence-electron chi connectivity index (χ1n) is 5.23. The van der Waals surface area contributed by atoms with E-state index in [9.17, 15) is 4.79 Å². The van der Waals surface area contributed by atoms with Gasteiger partial charge < -0.3 is 5.32 Å². The van der Waals surface area contributed by atoms with Crippen molar-refractivity contribution in [2.45, 2.75) is 37.5 Å². The van der Waals surface area contributed by atoms with Crippen LogP contribution in [0.3, 0.4) is 0 Å². The van der Waals surface area contributed by atoms with Gasteiger partial charge in [0, 0.05) is 4.88 Å². The Morgan fingerprint density at radius 3 is 3.27 bits per heavy atom. The summed E-state index contributed by atoms with van der Waals surface area (Å²) in [5.41, 5.74) is 1.31. The normalized spacial score (nSPS) is 21.9. The van der Waals surface area contributed by atoms with Crippen molar-refractivity contribution >= 4 is 29.9 Å². The molecule has 0 aromatic carbocycles. The Labute approximate surface area is 99.5 Å². The largest absolute Gasteiger partial charge is 0.348 e. The zero-order valence-corrected chi connectivity index (χ0v) is 10.4. The summed E-state index contributed by atoms with van der Waals surface area (Å²) in [5, 5.41) is 4.93. The highest BCUT2D eigenvalue weighted by atomic mass is 32.1. The molecule has 1 aromatic rings. The van der Waals surface area contributed by atoms with Gasteiger partial charge in [-0.2, -0.15) is 12.6 Å². The second-order valence-corrected chi connectivity index (χ2v) is 5.70. The molecule has 15 heavy (non-hydrogen) atoms. The van der Waals surface area contributed by atoms with E-state index in [0.29, 0.717) is 0 Å². The van der Waals surface area contributed by atoms with Gasteiger partial charge in [0.25, 0.3) is 0 Å². The molecule has 0 saturated heterocycles. The first kappa shape index (κ1) is 11.0. The maximum atomic E-state index is 11.6. The quantitative estimate of drug-likeness (QED) is 0.766. The average Bonchev–Trinajstić information content (AvgIpc) is 2.66. The van der Waals surface area contributed by atoms with Crippen LogP contribution in [-0.2, 0) is 11.2 Å². The SMILES string of the molecule is CC(S)C(=O)NC1CCCc2sccc21. The molecular weight excluding hydrogens is 226 g/mol. The molecule has 1 aliphatic rings. The zero-order valence-electron chi connectivity index (χ0n) is 8.69. The minimum atomic E-state index is -0.228. The number of carbonyl (C=O) groups is 1. The second kappa shape index (κ2) is 4.58. The predicted molar refractivity (Wildman–Crippen MR) is 66.6 cm³/mol. The Balaban J connectivity index is 2.10. The minimum absolute atomic E-state index is 0.0300. The molecule has 82 valence electrons. The molecule has 0 bridgehead atoms. The number of rotatable bonds is 2. The van der Waals surface area contributed by atoms with Crippen LogP contribution in [0.5, 0.6) is 0 Å². The van der Waals surface area contributed by atoms with E-state index in [1.165, 1.54) is 16.9 Å². The summed E-state index contributed by atoms with van der Waals surface area (Å²) in [7, 11) is 0. The molecular formula is C11H15NOS2. The molecule has 2 rings (SSSR count). The van der Waals surface area contributed by atoms with Crippen LogP contribution in [0, 0.1) is 0 Å². The lowest BCUT2D eigenvalue weighted by atomic mass is 9.94. The molecule has 1 amide bonds. The summed E-state index contributed by atoms with van der Waals surface area (Å²) >= 11 is 5.93. The van der Waals surface area contributed by atoms with E-state index in [1.54, 1.807) is 18.3 Å². The number of amides is 1. The van der Waals surface area contributed by atoms with Gasteiger partial charge in [0.2, 0.25) is 5.91 Å². The second-order valence-electron chi connectivity index (χ2n) is 3.93. The Morgan fingerprint density at radius 2 is 2.53 bits per heavy atom. The highest BCUT2D eigenvalue weighted by Crippen LogP contribution is 2.33. The summed E-state index contributed by atoms with van der Waals surface area (Å²) < 4.78 is 0. The number of thiol groups is 1. The van der Waals surface area contributed by atoms with E-state index in [0.717, 1.165) is 12.8 Å². The topological polar surface area (TPSA) is 29.1 Å². The summed E-state index contributed by atoms with van der Waals surface area (Å²) in [5.74, 6) is 0.0300. The molecule has 0 radical (unpaired) electrons. The third-order valence-corrected chi connectivity index (χ3v) is 3.98. The molecule has 0 aliphatic heterocycles. The summed E-state index contributed by atoms with van der Waals surface area (Å²) in [6.07, 6.45) is 3.38. The highest BCUT2D eigenvalue weighted by molar-refractivity contribution is 7.81. The lowest BCUT2D eigenvalue weighted by Gasteiger charge is -2.24. The van der Waals surface area contributed by atoms with Gasteiger partial charge in [0.05, 0.1) is 11.3 Å². The molecule has 2 atom stereocenters. The minimum Gasteiger partial charge on any atom is -0.348 e. The number of thiophene rings is 1. The smallest absolute Gasteiger partial charge is 0.233 e. The Bertz CT molecular complexity index is 359. The van der Waals surface area contributed by atoms with Crippen LogP contribution in [0.2, 0.25) is 0 Å². The Kier molecular flexibility index (Phi) is 3.36. The van der Waals surface area contributed by atoms with Crippen LogP contribution in [-0.4, -0.2) is 11.2 Å². The molecule has 0 fully saturated rings. The van der Waals surface area contributed by atoms with Crippen molar-refractivity contribution in [3.8, 4) is 0 Å². The first-order valence-corrected chi connectivity index (χ1v) is 6.63. The van der Waals surface area contributed by atoms with Crippen molar-refractivity contribution in [3.63, 3.8) is 0 Å². The van der Waals surface area contributed by atoms with Crippen LogP contribution >= 0.6 is 24.0 Å². The molecule has 0 saturated carbocycles. The number of hydrogen-bond acceptors (Lipinski definition) is 3. The lowest BCUT2D eigenvalue weighted by molar-refractivity contribution is -0.121. The average molecular weight is 241 g/mol. The molecule has 0 spiro atoms. The van der Waals surface area contributed by atoms with E-state index < -0.39 is 0 Å². The maximum absolute atomic E-state index is 11.6. The van der Waals surface area contributed by atoms with Gasteiger partial charge in [-0.25, -0.2) is 0 Å². The van der Waals surface area contributed by atoms with E-state index >= 15 is 0 Å². The van der Waals surface area contributed by atoms with Gasteiger partial charge in [-0.15, -0.1) is 11.3 Å². The van der Waals surface area contributed by atoms with Gasteiger partial charge in [-0.1, -0.05) is 0 Å². The lowest BCUT2D eigenvalue weighted by Crippen LogP contribution is -2.34. The monoisotopic (exact) mass is 241 g/mol. The predicted octanol–water partition coefficient (Wildman–Crippen LogP) is 2.56. The van der Waals surface area contributed by atoms with E-state index in [-0.39, 0.29) is 17.2 Å². The van der Waals surface area contributed by atoms with E-state index in [4.69, 9.17) is 0 Å². The van der Waals surface area contributed by atoms with Crippen LogP contribution < -0.4 is 5.32 Å². The van der Waals surface area contributed by atoms with Crippen molar-refractivity contribution in [1.82, 2.24) is 5.32 Å². The molecule has 1 N–H and O–H groups in total. The summed E-state index contributed by atoms with van der Waals surface area (Å²) in [4.78, 5) is 13.0. The first-order chi connectivity index (χ1) is 7.18. The zero-order chi connectivity index (χ0) is 10.8. The summed E-state index contributed by atoms with van der Waals surface area (Å²) in [6, 6.07) is 2.34. The number of nitrogens with one attached hydrogen (secondary N) is 1. The fourth-order valence-electron chi connectivity index (χ4n) is 1.93. The third-order valence-electron chi connectivity index (χ3n) is 2.75. The number of fused-ring (bicyclic) bond motifs is 1. The van der Waals surface area contributed by atoms with E-state index in [2.05, 4.69) is 29.4 Å². The van der Waals surface area contributed by atoms with Gasteiger partial charge in [0.1, 0.15) is 0 Å². The number of hydrogen-bond donors (Lipinski definition) is 2. The molecule has 1 aromatic heterocycles. The van der Waals surface area contributed by atoms with Crippen LogP contribution in [0.1, 0.15) is 36.2 Å². The van der Waals surface area contributed by atoms with Crippen LogP contribution in [0.25, 0.3) is 0 Å². The molecule has 4 heteroatoms. The van der Waals surface area contributed by atoms with Crippen molar-refractivity contribution < 1.29 is 4.79 Å². The van der Waals surface area contributed by atoms with Gasteiger partial charge in [-0.3, -0.25) is 4.79 Å². The van der Waals surface area contributed by atoms with Crippen LogP contribution in [0.4, 0.5) is 0 Å². The van der Waals surface area contributed by atoms with Gasteiger partial charge in [-0.05, 0) is 43.2 Å². The molecule has 2 nitrogen and oxygen atoms in total. The molecule has 2 unspecified atom stereocenters. The van der Waals surface area contributed by atoms with Crippen molar-refractivity contribution in [2.24, 2.45) is 0 Å². The molecule has 1 aliphatic carbocycles. The Morgan fingerprint density at radius 1 is 1.73 bits per heavy atom. The highest BCUT2D eigenvalue weighted by Gasteiger charge is 2.23. The van der Waals surface area contributed by atoms with E-state index in [1.807, 2.05) is 0 Å². The summed E-state index contributed by atoms with van der Waals surface area (Å²) in [6.45, 7) is 1.80. The van der Waals surface area contributed by atoms with Crippen molar-refractivity contribution in [2.75, 3.05) is 0 Å². The fraction of sp³-hybridized carbons (Fsp3) is 0.545. The number of carbonyl (C=O) groups excluding carboxylic acids is 1. The van der Waals surface area contributed by atoms with Crippen molar-refractivity contribution in [3.05, 3.63) is 21.9 Å². The standard InChI is InChI=1S/C11H15NOS2/c1-7(14)11(13)12-9-3-2-4-10-8(9)5-6-15-10/h5-7,9,14H,2-4H2,1H3,(H,12,13). The third kappa shape index (κ3) is 2.37. The maximum Gasteiger partial charge on any atom is 0.233 e. The van der Waals surface area contributed by atoms with Crippen molar-refractivity contribution in [1.29, 1.82) is 0 Å². The van der Waals surface area contributed by atoms with Gasteiger partial charge in [0.15, 0.2) is 0 Å². The van der Waals surface area contributed by atoms with Gasteiger partial charge >= 0.3 is 0 Å². The molecule has 1 heterocycles. The Hall–Kier alpha value is -0.480.